The summed E-state index contributed by atoms with van der Waals surface area (Å²) in [5.74, 6) is 2.04. The summed E-state index contributed by atoms with van der Waals surface area (Å²) in [6.45, 7) is 16.9. The van der Waals surface area contributed by atoms with E-state index in [1.165, 1.54) is 17.5 Å². The molecule has 1 aliphatic heterocycles. The van der Waals surface area contributed by atoms with Gasteiger partial charge in [-0.1, -0.05) is 83.3 Å². The van der Waals surface area contributed by atoms with E-state index in [1.807, 2.05) is 0 Å². The van der Waals surface area contributed by atoms with E-state index in [9.17, 15) is 0 Å². The molecular weight excluding hydrogens is 501 g/mol. The molecule has 2 aliphatic carbocycles. The third-order valence-electron chi connectivity index (χ3n) is 7.58. The van der Waals surface area contributed by atoms with Crippen LogP contribution in [0.1, 0.15) is 45.2 Å². The fourth-order valence-electron chi connectivity index (χ4n) is 6.00. The van der Waals surface area contributed by atoms with Crippen molar-refractivity contribution < 1.29 is 17.0 Å². The molecule has 1 aromatic carbocycles. The molecule has 0 spiro atoms. The van der Waals surface area contributed by atoms with Crippen LogP contribution in [0.4, 0.5) is 0 Å². The molecule has 0 amide bonds. The Balaban J connectivity index is 0.000000914. The molecule has 0 aromatic heterocycles. The predicted molar refractivity (Wildman–Crippen MR) is 146 cm³/mol. The molecule has 180 valence electrons. The molecule has 3 nitrogen and oxygen atoms in total. The second kappa shape index (κ2) is 12.4. The van der Waals surface area contributed by atoms with Crippen LogP contribution in [0.2, 0.25) is 18.6 Å². The Hall–Kier alpha value is 0.0912. The van der Waals surface area contributed by atoms with Crippen LogP contribution >= 0.6 is 18.6 Å². The number of halogens is 2. The van der Waals surface area contributed by atoms with Gasteiger partial charge >= 0.3 is 35.6 Å². The van der Waals surface area contributed by atoms with Gasteiger partial charge < -0.3 is 22.6 Å². The van der Waals surface area contributed by atoms with E-state index in [2.05, 4.69) is 98.5 Å². The maximum absolute atomic E-state index is 4.89. The van der Waals surface area contributed by atoms with Gasteiger partial charge in [-0.05, 0) is 51.8 Å². The van der Waals surface area contributed by atoms with Crippen molar-refractivity contribution in [2.45, 2.75) is 58.2 Å². The SMILES string of the molecule is CC1CC2C(c3ccc(C(C)(C)C)cc3)=CC=CC2C1[Si](C)(C)N1C[N-]C[N-]C1.[CH3-].[Cl][Ti+4][Cl]. The Morgan fingerprint density at radius 2 is 1.64 bits per heavy atom. The summed E-state index contributed by atoms with van der Waals surface area (Å²) in [6.07, 6.45) is 8.51. The van der Waals surface area contributed by atoms with Crippen LogP contribution in [-0.2, 0) is 22.4 Å². The zero-order valence-electron chi connectivity index (χ0n) is 21.3. The van der Waals surface area contributed by atoms with Crippen molar-refractivity contribution in [3.8, 4) is 0 Å². The first-order chi connectivity index (χ1) is 15.1. The van der Waals surface area contributed by atoms with Gasteiger partial charge in [0.25, 0.3) is 0 Å². The van der Waals surface area contributed by atoms with Crippen LogP contribution in [0.3, 0.4) is 0 Å². The predicted octanol–water partition coefficient (Wildman–Crippen LogP) is 8.55. The van der Waals surface area contributed by atoms with Gasteiger partial charge in [-0.2, -0.15) is 0 Å². The molecule has 1 saturated heterocycles. The van der Waals surface area contributed by atoms with Gasteiger partial charge in [0.15, 0.2) is 0 Å². The molecule has 0 N–H and O–H groups in total. The number of fused-ring (bicyclic) bond motifs is 1. The zero-order chi connectivity index (χ0) is 23.5. The summed E-state index contributed by atoms with van der Waals surface area (Å²) in [5.41, 5.74) is 5.32. The first-order valence-corrected chi connectivity index (χ1v) is 18.9. The van der Waals surface area contributed by atoms with E-state index in [1.54, 1.807) is 5.57 Å². The Bertz CT molecular complexity index is 814. The summed E-state index contributed by atoms with van der Waals surface area (Å²) < 4.78 is 2.62. The van der Waals surface area contributed by atoms with Gasteiger partial charge in [-0.25, -0.2) is 0 Å². The summed E-state index contributed by atoms with van der Waals surface area (Å²) in [6, 6.07) is 9.36. The maximum atomic E-state index is 4.89. The summed E-state index contributed by atoms with van der Waals surface area (Å²) in [5, 5.41) is 9.16. The standard InChI is InChI=1S/C25H37N3Si.CH3.2ClH.Ti/c1-18-14-23-21(19-10-12-20(13-11-19)25(2,3)4)8-7-9-22(23)24(18)29(5,6)28-16-26-15-27-17-28;;;;/h7-13,18,22-24H,14-17H2,1-6H3;1H3;2*1H;/q-2;-1;;;+6/p-2. The normalized spacial score (nSPS) is 27.8. The molecule has 1 aromatic rings. The summed E-state index contributed by atoms with van der Waals surface area (Å²) in [4.78, 5) is 0. The number of nitrogens with zero attached hydrogens (tertiary/aromatic N) is 3. The van der Waals surface area contributed by atoms with Gasteiger partial charge in [-0.3, -0.25) is 6.67 Å². The van der Waals surface area contributed by atoms with Crippen molar-refractivity contribution in [3.63, 3.8) is 0 Å². The number of hydrogen-bond acceptors (Lipinski definition) is 1. The first kappa shape index (κ1) is 29.3. The molecule has 1 heterocycles. The summed E-state index contributed by atoms with van der Waals surface area (Å²) >= 11 is -0.556. The molecule has 4 rings (SSSR count). The molecule has 1 saturated carbocycles. The Kier molecular flexibility index (Phi) is 11.0. The van der Waals surface area contributed by atoms with Crippen molar-refractivity contribution in [2.75, 3.05) is 20.0 Å². The molecule has 3 aliphatic rings. The van der Waals surface area contributed by atoms with E-state index in [0.29, 0.717) is 18.5 Å². The van der Waals surface area contributed by atoms with Crippen molar-refractivity contribution >= 4 is 32.4 Å². The van der Waals surface area contributed by atoms with Crippen molar-refractivity contribution in [3.05, 3.63) is 71.7 Å². The average molecular weight is 541 g/mol. The molecule has 0 bridgehead atoms. The third-order valence-corrected chi connectivity index (χ3v) is 12.1. The van der Waals surface area contributed by atoms with E-state index in [0.717, 1.165) is 24.8 Å². The van der Waals surface area contributed by atoms with Gasteiger partial charge in [0.1, 0.15) is 8.24 Å². The van der Waals surface area contributed by atoms with E-state index < -0.39 is 25.3 Å². The molecule has 7 heteroatoms. The topological polar surface area (TPSA) is 31.4 Å². The molecule has 4 atom stereocenters. The van der Waals surface area contributed by atoms with Crippen LogP contribution in [0.15, 0.2) is 42.5 Å². The molecular formula is C26H40Cl2N3SiTi+. The number of allylic oxidation sites excluding steroid dienone is 4. The van der Waals surface area contributed by atoms with Crippen LogP contribution in [0.5, 0.6) is 0 Å². The van der Waals surface area contributed by atoms with Crippen LogP contribution in [0, 0.1) is 25.2 Å². The minimum atomic E-state index is -1.64. The Labute approximate surface area is 220 Å². The molecule has 33 heavy (non-hydrogen) atoms. The van der Waals surface area contributed by atoms with E-state index >= 15 is 0 Å². The number of benzene rings is 1. The van der Waals surface area contributed by atoms with Crippen molar-refractivity contribution in [1.29, 1.82) is 0 Å². The zero-order valence-corrected chi connectivity index (χ0v) is 25.4. The second-order valence-electron chi connectivity index (χ2n) is 10.9. The van der Waals surface area contributed by atoms with Crippen LogP contribution in [0.25, 0.3) is 16.2 Å². The van der Waals surface area contributed by atoms with Gasteiger partial charge in [0.05, 0.1) is 0 Å². The minimum absolute atomic E-state index is 0. The summed E-state index contributed by atoms with van der Waals surface area (Å²) in [7, 11) is 8.14. The van der Waals surface area contributed by atoms with Gasteiger partial charge in [-0.15, -0.1) is 13.3 Å². The van der Waals surface area contributed by atoms with E-state index in [4.69, 9.17) is 18.6 Å². The number of hydrogen-bond donors (Lipinski definition) is 0. The van der Waals surface area contributed by atoms with Gasteiger partial charge in [0.2, 0.25) is 0 Å². The monoisotopic (exact) mass is 540 g/mol. The molecule has 0 radical (unpaired) electrons. The quantitative estimate of drug-likeness (QED) is 0.279. The Morgan fingerprint density at radius 3 is 2.18 bits per heavy atom. The van der Waals surface area contributed by atoms with Gasteiger partial charge in [0, 0.05) is 0 Å². The fraction of sp³-hybridized carbons (Fsp3) is 0.577. The molecule has 4 unspecified atom stereocenters. The van der Waals surface area contributed by atoms with Crippen molar-refractivity contribution in [2.24, 2.45) is 17.8 Å². The Morgan fingerprint density at radius 1 is 1.06 bits per heavy atom. The average Bonchev–Trinajstić information content (AvgIpc) is 3.11. The number of rotatable bonds is 3. The third kappa shape index (κ3) is 6.65. The second-order valence-corrected chi connectivity index (χ2v) is 18.1. The first-order valence-electron chi connectivity index (χ1n) is 11.6. The van der Waals surface area contributed by atoms with Crippen LogP contribution in [-0.4, -0.2) is 32.8 Å². The van der Waals surface area contributed by atoms with Crippen molar-refractivity contribution in [1.82, 2.24) is 4.57 Å². The van der Waals surface area contributed by atoms with E-state index in [-0.39, 0.29) is 12.8 Å². The molecule has 2 fully saturated rings. The van der Waals surface area contributed by atoms with Crippen LogP contribution < -0.4 is 0 Å². The fourth-order valence-corrected chi connectivity index (χ4v) is 10.2.